The molecule has 5 nitrogen and oxygen atoms in total. The van der Waals surface area contributed by atoms with Gasteiger partial charge in [0.25, 0.3) is 5.91 Å². The number of benzene rings is 2. The van der Waals surface area contributed by atoms with Crippen LogP contribution in [0.25, 0.3) is 0 Å². The number of carbonyl (C=O) groups is 2. The number of hydrogen-bond acceptors (Lipinski definition) is 4. The molecular formula is C20H23NO4. The van der Waals surface area contributed by atoms with E-state index in [4.69, 9.17) is 9.47 Å². The van der Waals surface area contributed by atoms with Crippen molar-refractivity contribution in [2.24, 2.45) is 0 Å². The predicted octanol–water partition coefficient (Wildman–Crippen LogP) is 3.48. The molecule has 0 unspecified atom stereocenters. The van der Waals surface area contributed by atoms with Crippen molar-refractivity contribution in [2.75, 3.05) is 18.5 Å². The summed E-state index contributed by atoms with van der Waals surface area (Å²) in [5.74, 6) is -0.363. The number of hydrogen-bond donors (Lipinski definition) is 1. The van der Waals surface area contributed by atoms with Gasteiger partial charge in [-0.2, -0.15) is 0 Å². The second-order valence-corrected chi connectivity index (χ2v) is 6.14. The van der Waals surface area contributed by atoms with Crippen LogP contribution in [0.5, 0.6) is 5.75 Å². The minimum absolute atomic E-state index is 0.236. The van der Waals surface area contributed by atoms with Crippen LogP contribution in [0.3, 0.4) is 0 Å². The van der Waals surface area contributed by atoms with E-state index in [9.17, 15) is 9.59 Å². The lowest BCUT2D eigenvalue weighted by atomic mass is 10.1. The van der Waals surface area contributed by atoms with Crippen molar-refractivity contribution in [1.29, 1.82) is 0 Å². The summed E-state index contributed by atoms with van der Waals surface area (Å²) in [6.45, 7) is 7.17. The number of nitrogens with one attached hydrogen (secondary N) is 1. The summed E-state index contributed by atoms with van der Waals surface area (Å²) >= 11 is 0. The Labute approximate surface area is 148 Å². The van der Waals surface area contributed by atoms with Crippen LogP contribution >= 0.6 is 0 Å². The Hall–Kier alpha value is -2.82. The molecule has 0 aliphatic rings. The average molecular weight is 341 g/mol. The third kappa shape index (κ3) is 5.95. The normalized spacial score (nSPS) is 10.2. The molecule has 0 saturated carbocycles. The van der Waals surface area contributed by atoms with Crippen LogP contribution in [0, 0.1) is 27.7 Å². The fourth-order valence-electron chi connectivity index (χ4n) is 2.40. The van der Waals surface area contributed by atoms with Gasteiger partial charge in [-0.05, 0) is 68.1 Å². The summed E-state index contributed by atoms with van der Waals surface area (Å²) in [6.07, 6.45) is 0. The average Bonchev–Trinajstić information content (AvgIpc) is 2.53. The van der Waals surface area contributed by atoms with Gasteiger partial charge < -0.3 is 14.8 Å². The molecule has 132 valence electrons. The molecule has 25 heavy (non-hydrogen) atoms. The van der Waals surface area contributed by atoms with Crippen LogP contribution in [0.2, 0.25) is 0 Å². The van der Waals surface area contributed by atoms with E-state index in [-0.39, 0.29) is 19.1 Å². The van der Waals surface area contributed by atoms with Gasteiger partial charge in [0.2, 0.25) is 0 Å². The fourth-order valence-corrected chi connectivity index (χ4v) is 2.40. The van der Waals surface area contributed by atoms with Gasteiger partial charge >= 0.3 is 5.97 Å². The third-order valence-electron chi connectivity index (χ3n) is 3.58. The van der Waals surface area contributed by atoms with E-state index in [1.165, 1.54) is 0 Å². The summed E-state index contributed by atoms with van der Waals surface area (Å²) in [7, 11) is 0. The Morgan fingerprint density at radius 2 is 1.56 bits per heavy atom. The summed E-state index contributed by atoms with van der Waals surface area (Å²) in [5, 5.41) is 2.74. The van der Waals surface area contributed by atoms with Crippen molar-refractivity contribution in [3.05, 3.63) is 58.7 Å². The number of amides is 1. The Balaban J connectivity index is 1.79. The fraction of sp³-hybridized carbons (Fsp3) is 0.300. The minimum Gasteiger partial charge on any atom is -0.482 e. The van der Waals surface area contributed by atoms with Crippen molar-refractivity contribution >= 4 is 17.6 Å². The van der Waals surface area contributed by atoms with Gasteiger partial charge in [-0.1, -0.05) is 18.2 Å². The van der Waals surface area contributed by atoms with E-state index >= 15 is 0 Å². The molecule has 5 heteroatoms. The van der Waals surface area contributed by atoms with Crippen LogP contribution < -0.4 is 10.1 Å². The lowest BCUT2D eigenvalue weighted by molar-refractivity contribution is -0.149. The SMILES string of the molecule is Cc1cc(C)cc(OCC(=O)OCC(=O)Nc2cc(C)ccc2C)c1. The Bertz CT molecular complexity index is 763. The number of anilines is 1. The van der Waals surface area contributed by atoms with Crippen LogP contribution in [-0.2, 0) is 14.3 Å². The molecule has 1 N–H and O–H groups in total. The maximum atomic E-state index is 11.9. The zero-order valence-electron chi connectivity index (χ0n) is 15.0. The van der Waals surface area contributed by atoms with Crippen molar-refractivity contribution in [3.8, 4) is 5.75 Å². The van der Waals surface area contributed by atoms with E-state index in [2.05, 4.69) is 5.32 Å². The number of carbonyl (C=O) groups excluding carboxylic acids is 2. The van der Waals surface area contributed by atoms with E-state index in [1.807, 2.05) is 64.1 Å². The van der Waals surface area contributed by atoms with E-state index < -0.39 is 5.97 Å². The molecule has 0 radical (unpaired) electrons. The molecule has 0 spiro atoms. The van der Waals surface area contributed by atoms with Gasteiger partial charge in [0.05, 0.1) is 0 Å². The molecule has 1 amide bonds. The molecule has 2 aromatic rings. The lowest BCUT2D eigenvalue weighted by Crippen LogP contribution is -2.24. The van der Waals surface area contributed by atoms with E-state index in [0.29, 0.717) is 11.4 Å². The molecule has 0 aromatic heterocycles. The number of rotatable bonds is 6. The largest absolute Gasteiger partial charge is 0.482 e. The Kier molecular flexibility index (Phi) is 6.17. The second-order valence-electron chi connectivity index (χ2n) is 6.14. The van der Waals surface area contributed by atoms with Gasteiger partial charge in [0, 0.05) is 5.69 Å². The van der Waals surface area contributed by atoms with Crippen LogP contribution in [0.15, 0.2) is 36.4 Å². The molecule has 0 heterocycles. The maximum absolute atomic E-state index is 11.9. The van der Waals surface area contributed by atoms with E-state index in [1.54, 1.807) is 0 Å². The van der Waals surface area contributed by atoms with Gasteiger partial charge in [-0.3, -0.25) is 4.79 Å². The summed E-state index contributed by atoms with van der Waals surface area (Å²) in [6, 6.07) is 11.5. The lowest BCUT2D eigenvalue weighted by Gasteiger charge is -2.10. The topological polar surface area (TPSA) is 64.6 Å². The summed E-state index contributed by atoms with van der Waals surface area (Å²) < 4.78 is 10.4. The third-order valence-corrected chi connectivity index (χ3v) is 3.58. The van der Waals surface area contributed by atoms with Crippen molar-refractivity contribution in [1.82, 2.24) is 0 Å². The zero-order chi connectivity index (χ0) is 18.4. The first-order chi connectivity index (χ1) is 11.8. The van der Waals surface area contributed by atoms with E-state index in [0.717, 1.165) is 22.3 Å². The smallest absolute Gasteiger partial charge is 0.344 e. The van der Waals surface area contributed by atoms with Gasteiger partial charge in [0.15, 0.2) is 13.2 Å². The highest BCUT2D eigenvalue weighted by atomic mass is 16.6. The molecular weight excluding hydrogens is 318 g/mol. The highest BCUT2D eigenvalue weighted by Crippen LogP contribution is 2.17. The molecule has 0 atom stereocenters. The number of esters is 1. The van der Waals surface area contributed by atoms with Crippen LogP contribution in [0.1, 0.15) is 22.3 Å². The number of aryl methyl sites for hydroxylation is 4. The Morgan fingerprint density at radius 1 is 0.880 bits per heavy atom. The van der Waals surface area contributed by atoms with Crippen LogP contribution in [0.4, 0.5) is 5.69 Å². The molecule has 0 bridgehead atoms. The first-order valence-corrected chi connectivity index (χ1v) is 8.07. The summed E-state index contributed by atoms with van der Waals surface area (Å²) in [5.41, 5.74) is 4.81. The predicted molar refractivity (Wildman–Crippen MR) is 96.9 cm³/mol. The second kappa shape index (κ2) is 8.33. The quantitative estimate of drug-likeness (QED) is 0.817. The standard InChI is InChI=1S/C20H23NO4/c1-13-5-6-16(4)18(10-13)21-19(22)11-25-20(23)12-24-17-8-14(2)7-15(3)9-17/h5-10H,11-12H2,1-4H3,(H,21,22). The first-order valence-electron chi connectivity index (χ1n) is 8.07. The van der Waals surface area contributed by atoms with Crippen molar-refractivity contribution in [3.63, 3.8) is 0 Å². The Morgan fingerprint density at radius 3 is 2.24 bits per heavy atom. The molecule has 0 aliphatic heterocycles. The first kappa shape index (κ1) is 18.5. The summed E-state index contributed by atoms with van der Waals surface area (Å²) in [4.78, 5) is 23.7. The van der Waals surface area contributed by atoms with Crippen LogP contribution in [-0.4, -0.2) is 25.1 Å². The van der Waals surface area contributed by atoms with Crippen molar-refractivity contribution < 1.29 is 19.1 Å². The highest BCUT2D eigenvalue weighted by molar-refractivity contribution is 5.93. The van der Waals surface area contributed by atoms with Gasteiger partial charge in [-0.15, -0.1) is 0 Å². The zero-order valence-corrected chi connectivity index (χ0v) is 15.0. The molecule has 0 saturated heterocycles. The molecule has 0 aliphatic carbocycles. The van der Waals surface area contributed by atoms with Gasteiger partial charge in [-0.25, -0.2) is 4.79 Å². The van der Waals surface area contributed by atoms with Gasteiger partial charge in [0.1, 0.15) is 5.75 Å². The minimum atomic E-state index is -0.588. The highest BCUT2D eigenvalue weighted by Gasteiger charge is 2.10. The molecule has 0 fully saturated rings. The maximum Gasteiger partial charge on any atom is 0.344 e. The van der Waals surface area contributed by atoms with Crippen molar-refractivity contribution in [2.45, 2.75) is 27.7 Å². The number of ether oxygens (including phenoxy) is 2. The molecule has 2 aromatic carbocycles. The monoisotopic (exact) mass is 341 g/mol. The molecule has 2 rings (SSSR count).